The molecule has 0 fully saturated rings. The van der Waals surface area contributed by atoms with Crippen LogP contribution in [0, 0.1) is 5.82 Å². The van der Waals surface area contributed by atoms with Crippen molar-refractivity contribution in [1.29, 1.82) is 0 Å². The quantitative estimate of drug-likeness (QED) is 0.781. The lowest BCUT2D eigenvalue weighted by atomic mass is 10.0. The predicted molar refractivity (Wildman–Crippen MR) is 79.3 cm³/mol. The van der Waals surface area contributed by atoms with Crippen molar-refractivity contribution in [3.05, 3.63) is 74.4 Å². The Hall–Kier alpha value is -2.01. The van der Waals surface area contributed by atoms with E-state index in [1.165, 1.54) is 6.07 Å². The van der Waals surface area contributed by atoms with E-state index in [9.17, 15) is 9.18 Å². The second-order valence-electron chi connectivity index (χ2n) is 4.46. The molecule has 0 saturated carbocycles. The van der Waals surface area contributed by atoms with E-state index < -0.39 is 0 Å². The highest BCUT2D eigenvalue weighted by Gasteiger charge is 2.10. The van der Waals surface area contributed by atoms with Gasteiger partial charge in [0.1, 0.15) is 5.82 Å². The molecular weight excluding hydrogens is 323 g/mol. The second-order valence-corrected chi connectivity index (χ2v) is 5.37. The SMILES string of the molecule is O=c1[nH]nc(Cc2cc(Br)ccc2F)c2ccccc12. The van der Waals surface area contributed by atoms with Gasteiger partial charge < -0.3 is 0 Å². The minimum atomic E-state index is -0.287. The third kappa shape index (κ3) is 2.36. The zero-order chi connectivity index (χ0) is 14.1. The van der Waals surface area contributed by atoms with Crippen molar-refractivity contribution in [3.63, 3.8) is 0 Å². The summed E-state index contributed by atoms with van der Waals surface area (Å²) >= 11 is 3.33. The van der Waals surface area contributed by atoms with Gasteiger partial charge in [-0.15, -0.1) is 0 Å². The lowest BCUT2D eigenvalue weighted by molar-refractivity contribution is 0.612. The Morgan fingerprint density at radius 1 is 1.15 bits per heavy atom. The topological polar surface area (TPSA) is 45.8 Å². The molecule has 0 aliphatic heterocycles. The molecule has 0 radical (unpaired) electrons. The Balaban J connectivity index is 2.14. The van der Waals surface area contributed by atoms with Crippen molar-refractivity contribution in [2.24, 2.45) is 0 Å². The molecule has 0 bridgehead atoms. The number of aromatic amines is 1. The first-order valence-electron chi connectivity index (χ1n) is 6.05. The molecule has 100 valence electrons. The van der Waals surface area contributed by atoms with Gasteiger partial charge in [0.2, 0.25) is 0 Å². The normalized spacial score (nSPS) is 10.9. The van der Waals surface area contributed by atoms with Crippen LogP contribution >= 0.6 is 15.9 Å². The Morgan fingerprint density at radius 2 is 1.90 bits per heavy atom. The third-order valence-corrected chi connectivity index (χ3v) is 3.63. The number of nitrogens with zero attached hydrogens (tertiary/aromatic N) is 1. The van der Waals surface area contributed by atoms with Gasteiger partial charge in [-0.1, -0.05) is 34.1 Å². The maximum Gasteiger partial charge on any atom is 0.272 e. The fourth-order valence-electron chi connectivity index (χ4n) is 2.17. The van der Waals surface area contributed by atoms with Gasteiger partial charge in [-0.25, -0.2) is 9.49 Å². The summed E-state index contributed by atoms with van der Waals surface area (Å²) in [6, 6.07) is 12.0. The van der Waals surface area contributed by atoms with E-state index in [-0.39, 0.29) is 11.4 Å². The van der Waals surface area contributed by atoms with Gasteiger partial charge in [0, 0.05) is 16.3 Å². The molecule has 0 aliphatic rings. The van der Waals surface area contributed by atoms with Crippen molar-refractivity contribution in [1.82, 2.24) is 10.2 Å². The number of H-pyrrole nitrogens is 1. The standard InChI is InChI=1S/C15H10BrFN2O/c16-10-5-6-13(17)9(7-10)8-14-11-3-1-2-4-12(11)15(20)19-18-14/h1-7H,8H2,(H,19,20). The molecule has 1 N–H and O–H groups in total. The number of benzene rings is 2. The number of rotatable bonds is 2. The van der Waals surface area contributed by atoms with Crippen LogP contribution in [0.4, 0.5) is 4.39 Å². The molecule has 0 aliphatic carbocycles. The van der Waals surface area contributed by atoms with Crippen LogP contribution in [0.1, 0.15) is 11.3 Å². The maximum absolute atomic E-state index is 13.8. The van der Waals surface area contributed by atoms with Gasteiger partial charge >= 0.3 is 0 Å². The van der Waals surface area contributed by atoms with Gasteiger partial charge in [-0.2, -0.15) is 5.10 Å². The largest absolute Gasteiger partial charge is 0.272 e. The number of halogens is 2. The van der Waals surface area contributed by atoms with Gasteiger partial charge in [-0.05, 0) is 29.8 Å². The number of fused-ring (bicyclic) bond motifs is 1. The molecule has 0 amide bonds. The van der Waals surface area contributed by atoms with E-state index in [0.29, 0.717) is 23.1 Å². The molecule has 0 spiro atoms. The fraction of sp³-hybridized carbons (Fsp3) is 0.0667. The molecule has 3 nitrogen and oxygen atoms in total. The van der Waals surface area contributed by atoms with Gasteiger partial charge in [0.05, 0.1) is 11.1 Å². The Kier molecular flexibility index (Phi) is 3.36. The highest BCUT2D eigenvalue weighted by Crippen LogP contribution is 2.21. The van der Waals surface area contributed by atoms with E-state index >= 15 is 0 Å². The molecule has 5 heteroatoms. The number of aromatic nitrogens is 2. The smallest absolute Gasteiger partial charge is 0.267 e. The summed E-state index contributed by atoms with van der Waals surface area (Å²) in [6.45, 7) is 0. The summed E-state index contributed by atoms with van der Waals surface area (Å²) in [5, 5.41) is 7.82. The minimum Gasteiger partial charge on any atom is -0.267 e. The van der Waals surface area contributed by atoms with Gasteiger partial charge in [0.15, 0.2) is 0 Å². The Bertz CT molecular complexity index is 845. The summed E-state index contributed by atoms with van der Waals surface area (Å²) in [5.74, 6) is -0.287. The van der Waals surface area contributed by atoms with Crippen LogP contribution in [0.5, 0.6) is 0 Å². The average molecular weight is 333 g/mol. The second kappa shape index (κ2) is 5.17. The zero-order valence-corrected chi connectivity index (χ0v) is 11.9. The molecule has 3 aromatic rings. The summed E-state index contributed by atoms with van der Waals surface area (Å²) in [4.78, 5) is 11.7. The average Bonchev–Trinajstić information content (AvgIpc) is 2.46. The minimum absolute atomic E-state index is 0.237. The van der Waals surface area contributed by atoms with Crippen LogP contribution in [-0.2, 0) is 6.42 Å². The number of hydrogen-bond donors (Lipinski definition) is 1. The van der Waals surface area contributed by atoms with Crippen LogP contribution in [0.25, 0.3) is 10.8 Å². The van der Waals surface area contributed by atoms with Crippen molar-refractivity contribution >= 4 is 26.7 Å². The molecule has 0 atom stereocenters. The summed E-state index contributed by atoms with van der Waals surface area (Å²) in [7, 11) is 0. The van der Waals surface area contributed by atoms with Crippen LogP contribution in [-0.4, -0.2) is 10.2 Å². The maximum atomic E-state index is 13.8. The molecular formula is C15H10BrFN2O. The predicted octanol–water partition coefficient (Wildman–Crippen LogP) is 3.42. The van der Waals surface area contributed by atoms with E-state index in [2.05, 4.69) is 26.1 Å². The highest BCUT2D eigenvalue weighted by molar-refractivity contribution is 9.10. The van der Waals surface area contributed by atoms with Crippen molar-refractivity contribution in [3.8, 4) is 0 Å². The first-order valence-corrected chi connectivity index (χ1v) is 6.84. The molecule has 2 aromatic carbocycles. The molecule has 3 rings (SSSR count). The van der Waals surface area contributed by atoms with Crippen LogP contribution in [0.2, 0.25) is 0 Å². The number of hydrogen-bond acceptors (Lipinski definition) is 2. The summed E-state index contributed by atoms with van der Waals surface area (Å²) < 4.78 is 14.6. The summed E-state index contributed by atoms with van der Waals surface area (Å²) in [5.41, 5.74) is 0.945. The molecule has 20 heavy (non-hydrogen) atoms. The zero-order valence-electron chi connectivity index (χ0n) is 10.4. The molecule has 0 unspecified atom stereocenters. The summed E-state index contributed by atoms with van der Waals surface area (Å²) in [6.07, 6.45) is 0.322. The van der Waals surface area contributed by atoms with E-state index in [0.717, 1.165) is 9.86 Å². The van der Waals surface area contributed by atoms with E-state index in [1.54, 1.807) is 24.3 Å². The van der Waals surface area contributed by atoms with E-state index in [1.807, 2.05) is 12.1 Å². The van der Waals surface area contributed by atoms with E-state index in [4.69, 9.17) is 0 Å². The molecule has 1 aromatic heterocycles. The van der Waals surface area contributed by atoms with Gasteiger partial charge in [-0.3, -0.25) is 4.79 Å². The lowest BCUT2D eigenvalue weighted by Gasteiger charge is -2.06. The molecule has 1 heterocycles. The Morgan fingerprint density at radius 3 is 2.70 bits per heavy atom. The van der Waals surface area contributed by atoms with Crippen LogP contribution in [0.3, 0.4) is 0 Å². The van der Waals surface area contributed by atoms with Crippen LogP contribution in [0.15, 0.2) is 51.7 Å². The highest BCUT2D eigenvalue weighted by atomic mass is 79.9. The third-order valence-electron chi connectivity index (χ3n) is 3.14. The number of nitrogens with one attached hydrogen (secondary N) is 1. The molecule has 0 saturated heterocycles. The van der Waals surface area contributed by atoms with Crippen molar-refractivity contribution in [2.45, 2.75) is 6.42 Å². The van der Waals surface area contributed by atoms with Crippen LogP contribution < -0.4 is 5.56 Å². The first-order chi connectivity index (χ1) is 9.65. The van der Waals surface area contributed by atoms with Crippen molar-refractivity contribution in [2.75, 3.05) is 0 Å². The monoisotopic (exact) mass is 332 g/mol. The lowest BCUT2D eigenvalue weighted by Crippen LogP contribution is -2.11. The fourth-order valence-corrected chi connectivity index (χ4v) is 2.57. The van der Waals surface area contributed by atoms with Gasteiger partial charge in [0.25, 0.3) is 5.56 Å². The van der Waals surface area contributed by atoms with Crippen molar-refractivity contribution < 1.29 is 4.39 Å². The Labute approximate surface area is 122 Å². The first kappa shape index (κ1) is 13.0.